The molecule has 2 fully saturated rings. The maximum absolute atomic E-state index is 15.1. The third kappa shape index (κ3) is 4.77. The Kier molecular flexibility index (Phi) is 6.37. The predicted octanol–water partition coefficient (Wildman–Crippen LogP) is 1.76. The average molecular weight is 515 g/mol. The number of benzene rings is 1. The third-order valence-corrected chi connectivity index (χ3v) is 8.20. The van der Waals surface area contributed by atoms with Gasteiger partial charge in [-0.1, -0.05) is 12.1 Å². The van der Waals surface area contributed by atoms with Gasteiger partial charge in [0.15, 0.2) is 14.9 Å². The van der Waals surface area contributed by atoms with Crippen LogP contribution in [-0.4, -0.2) is 66.3 Å². The Morgan fingerprint density at radius 2 is 1.86 bits per heavy atom. The molecule has 2 saturated heterocycles. The number of fused-ring (bicyclic) bond motifs is 1. The second-order valence-electron chi connectivity index (χ2n) is 9.72. The number of aromatic nitrogens is 1. The highest BCUT2D eigenvalue weighted by molar-refractivity contribution is 7.90. The fourth-order valence-electron chi connectivity index (χ4n) is 5.30. The van der Waals surface area contributed by atoms with E-state index < -0.39 is 27.6 Å². The van der Waals surface area contributed by atoms with Crippen LogP contribution in [0.4, 0.5) is 4.39 Å². The molecule has 1 aromatic heterocycles. The fourth-order valence-corrected chi connectivity index (χ4v) is 5.91. The van der Waals surface area contributed by atoms with Crippen molar-refractivity contribution in [2.45, 2.75) is 55.8 Å². The van der Waals surface area contributed by atoms with Crippen molar-refractivity contribution in [2.75, 3.05) is 19.3 Å². The van der Waals surface area contributed by atoms with Crippen LogP contribution < -0.4 is 5.32 Å². The van der Waals surface area contributed by atoms with Crippen LogP contribution in [0.1, 0.15) is 58.8 Å². The zero-order valence-electron chi connectivity index (χ0n) is 19.9. The summed E-state index contributed by atoms with van der Waals surface area (Å²) in [6, 6.07) is 7.27. The van der Waals surface area contributed by atoms with E-state index in [4.69, 9.17) is 0 Å². The summed E-state index contributed by atoms with van der Waals surface area (Å²) in [6.45, 7) is 2.13. The second kappa shape index (κ2) is 9.36. The maximum Gasteiger partial charge on any atom is 0.255 e. The average Bonchev–Trinajstić information content (AvgIpc) is 3.14. The van der Waals surface area contributed by atoms with Crippen LogP contribution in [0.2, 0.25) is 0 Å². The molecular weight excluding hydrogens is 487 g/mol. The molecule has 36 heavy (non-hydrogen) atoms. The fraction of sp³-hybridized carbons (Fsp3) is 0.440. The van der Waals surface area contributed by atoms with E-state index in [1.165, 1.54) is 17.0 Å². The van der Waals surface area contributed by atoms with E-state index in [1.54, 1.807) is 18.2 Å². The minimum absolute atomic E-state index is 0.0124. The van der Waals surface area contributed by atoms with Crippen molar-refractivity contribution in [2.24, 2.45) is 0 Å². The molecule has 4 heterocycles. The van der Waals surface area contributed by atoms with Crippen LogP contribution >= 0.6 is 0 Å². The van der Waals surface area contributed by atoms with Gasteiger partial charge in [0.25, 0.3) is 5.91 Å². The number of nitrogens with zero attached hydrogens (tertiary/aromatic N) is 3. The van der Waals surface area contributed by atoms with E-state index in [1.807, 2.05) is 0 Å². The van der Waals surface area contributed by atoms with Gasteiger partial charge in [0.05, 0.1) is 5.69 Å². The smallest absolute Gasteiger partial charge is 0.255 e. The van der Waals surface area contributed by atoms with Gasteiger partial charge in [-0.05, 0) is 67.6 Å². The van der Waals surface area contributed by atoms with E-state index in [2.05, 4.69) is 15.2 Å². The number of rotatable bonds is 5. The van der Waals surface area contributed by atoms with Crippen molar-refractivity contribution in [3.05, 3.63) is 58.5 Å². The molecule has 3 aliphatic heterocycles. The zero-order valence-corrected chi connectivity index (χ0v) is 20.7. The first-order valence-corrected chi connectivity index (χ1v) is 13.8. The molecule has 3 aliphatic rings. The Morgan fingerprint density at radius 3 is 2.56 bits per heavy atom. The van der Waals surface area contributed by atoms with Crippen molar-refractivity contribution < 1.29 is 27.2 Å². The van der Waals surface area contributed by atoms with Gasteiger partial charge < -0.3 is 4.90 Å². The lowest BCUT2D eigenvalue weighted by molar-refractivity contribution is -0.136. The highest BCUT2D eigenvalue weighted by Crippen LogP contribution is 2.35. The number of imide groups is 1. The Hall–Kier alpha value is -3.18. The van der Waals surface area contributed by atoms with Gasteiger partial charge in [0, 0.05) is 31.3 Å². The normalized spacial score (nSPS) is 21.6. The molecule has 0 radical (unpaired) electrons. The molecule has 9 nitrogen and oxygen atoms in total. The lowest BCUT2D eigenvalue weighted by Gasteiger charge is -2.32. The Labute approximate surface area is 208 Å². The zero-order chi connectivity index (χ0) is 25.6. The Bertz CT molecular complexity index is 1350. The largest absolute Gasteiger partial charge is 0.322 e. The van der Waals surface area contributed by atoms with Gasteiger partial charge in [0.2, 0.25) is 11.8 Å². The maximum atomic E-state index is 15.1. The van der Waals surface area contributed by atoms with Crippen LogP contribution in [0.5, 0.6) is 0 Å². The van der Waals surface area contributed by atoms with Gasteiger partial charge in [-0.15, -0.1) is 0 Å². The van der Waals surface area contributed by atoms with Gasteiger partial charge in [-0.2, -0.15) is 0 Å². The van der Waals surface area contributed by atoms with Crippen molar-refractivity contribution in [3.63, 3.8) is 0 Å². The molecule has 3 amide bonds. The van der Waals surface area contributed by atoms with Crippen LogP contribution in [0, 0.1) is 5.82 Å². The SMILES string of the molecule is CS(=O)(=O)c1cccc(CN2CCC(c3cc4c(cc3F)C(=O)N(C3CCC(=O)NC3=O)C4)CC2)n1. The standard InChI is InChI=1S/C25H27FN4O5S/c1-36(34,35)23-4-2-3-17(27-23)14-29-9-7-15(8-10-29)18-11-16-13-30(25(33)19(16)12-20(18)26)21-5-6-22(31)28-24(21)32/h2-4,11-12,15,21H,5-10,13-14H2,1H3,(H,28,31,32). The van der Waals surface area contributed by atoms with Gasteiger partial charge in [0.1, 0.15) is 11.9 Å². The molecule has 0 aliphatic carbocycles. The first kappa shape index (κ1) is 24.5. The summed E-state index contributed by atoms with van der Waals surface area (Å²) < 4.78 is 38.7. The lowest BCUT2D eigenvalue weighted by Crippen LogP contribution is -2.52. The van der Waals surface area contributed by atoms with Crippen molar-refractivity contribution in [1.29, 1.82) is 0 Å². The third-order valence-electron chi connectivity index (χ3n) is 7.21. The predicted molar refractivity (Wildman–Crippen MR) is 127 cm³/mol. The van der Waals surface area contributed by atoms with E-state index >= 15 is 4.39 Å². The molecule has 1 atom stereocenters. The molecular formula is C25H27FN4O5S. The van der Waals surface area contributed by atoms with Crippen LogP contribution in [-0.2, 0) is 32.5 Å². The number of nitrogens with one attached hydrogen (secondary N) is 1. The number of likely N-dealkylation sites (tertiary alicyclic amines) is 1. The van der Waals surface area contributed by atoms with E-state index in [0.717, 1.165) is 6.26 Å². The van der Waals surface area contributed by atoms with Crippen LogP contribution in [0.25, 0.3) is 0 Å². The number of carbonyl (C=O) groups is 3. The molecule has 0 bridgehead atoms. The second-order valence-corrected chi connectivity index (χ2v) is 11.7. The molecule has 1 unspecified atom stereocenters. The van der Waals surface area contributed by atoms with E-state index in [0.29, 0.717) is 49.3 Å². The Morgan fingerprint density at radius 1 is 1.11 bits per heavy atom. The molecule has 190 valence electrons. The summed E-state index contributed by atoms with van der Waals surface area (Å²) in [5, 5.41) is 2.33. The van der Waals surface area contributed by atoms with Crippen molar-refractivity contribution in [3.8, 4) is 0 Å². The number of hydrogen-bond donors (Lipinski definition) is 1. The summed E-state index contributed by atoms with van der Waals surface area (Å²) in [6.07, 6.45) is 2.99. The highest BCUT2D eigenvalue weighted by Gasteiger charge is 2.40. The molecule has 0 saturated carbocycles. The number of pyridine rings is 1. The number of halogens is 1. The van der Waals surface area contributed by atoms with Crippen molar-refractivity contribution >= 4 is 27.6 Å². The summed E-state index contributed by atoms with van der Waals surface area (Å²) in [7, 11) is -3.38. The minimum atomic E-state index is -3.38. The number of hydrogen-bond acceptors (Lipinski definition) is 7. The van der Waals surface area contributed by atoms with Crippen LogP contribution in [0.3, 0.4) is 0 Å². The van der Waals surface area contributed by atoms with E-state index in [-0.39, 0.29) is 47.7 Å². The topological polar surface area (TPSA) is 117 Å². The van der Waals surface area contributed by atoms with Gasteiger partial charge in [-0.3, -0.25) is 24.6 Å². The Balaban J connectivity index is 1.25. The molecule has 5 rings (SSSR count). The molecule has 1 aromatic carbocycles. The lowest BCUT2D eigenvalue weighted by atomic mass is 9.87. The molecule has 2 aromatic rings. The number of carbonyl (C=O) groups excluding carboxylic acids is 3. The minimum Gasteiger partial charge on any atom is -0.322 e. The summed E-state index contributed by atoms with van der Waals surface area (Å²) in [5.41, 5.74) is 2.22. The quantitative estimate of drug-likeness (QED) is 0.605. The molecule has 11 heteroatoms. The van der Waals surface area contributed by atoms with Gasteiger partial charge >= 0.3 is 0 Å². The molecule has 0 spiro atoms. The monoisotopic (exact) mass is 514 g/mol. The summed E-state index contributed by atoms with van der Waals surface area (Å²) in [4.78, 5) is 44.5. The van der Waals surface area contributed by atoms with E-state index in [9.17, 15) is 22.8 Å². The van der Waals surface area contributed by atoms with Crippen LogP contribution in [0.15, 0.2) is 35.4 Å². The number of piperidine rings is 2. The first-order chi connectivity index (χ1) is 17.1. The number of sulfone groups is 1. The highest BCUT2D eigenvalue weighted by atomic mass is 32.2. The van der Waals surface area contributed by atoms with Gasteiger partial charge in [-0.25, -0.2) is 17.8 Å². The van der Waals surface area contributed by atoms with Crippen molar-refractivity contribution in [1.82, 2.24) is 20.1 Å². The number of amides is 3. The molecule has 1 N–H and O–H groups in total. The first-order valence-electron chi connectivity index (χ1n) is 12.0. The summed E-state index contributed by atoms with van der Waals surface area (Å²) in [5.74, 6) is -1.66. The summed E-state index contributed by atoms with van der Waals surface area (Å²) >= 11 is 0.